The van der Waals surface area contributed by atoms with Crippen molar-refractivity contribution >= 4 is 22.9 Å². The van der Waals surface area contributed by atoms with Gasteiger partial charge in [0.2, 0.25) is 17.7 Å². The third-order valence-electron chi connectivity index (χ3n) is 4.56. The van der Waals surface area contributed by atoms with Gasteiger partial charge in [-0.1, -0.05) is 31.1 Å². The van der Waals surface area contributed by atoms with Gasteiger partial charge in [-0.3, -0.25) is 10.1 Å². The van der Waals surface area contributed by atoms with Gasteiger partial charge in [0.05, 0.1) is 11.0 Å². The van der Waals surface area contributed by atoms with E-state index in [0.717, 1.165) is 0 Å². The highest BCUT2D eigenvalue weighted by Crippen LogP contribution is 2.42. The Hall–Kier alpha value is -4.02. The minimum Gasteiger partial charge on any atom is -0.395 e. The number of carbonyl (C=O) groups is 1. The van der Waals surface area contributed by atoms with Crippen LogP contribution in [0.3, 0.4) is 0 Å². The van der Waals surface area contributed by atoms with E-state index in [-0.39, 0.29) is 23.4 Å². The number of hydrogen-bond acceptors (Lipinski definition) is 7. The van der Waals surface area contributed by atoms with Crippen LogP contribution in [0.1, 0.15) is 36.0 Å². The number of halogens is 2. The predicted octanol–water partition coefficient (Wildman–Crippen LogP) is 4.31. The second-order valence-electron chi connectivity index (χ2n) is 7.21. The molecule has 5 rings (SSSR count). The first-order valence-corrected chi connectivity index (χ1v) is 9.32. The molecule has 0 radical (unpaired) electrons. The summed E-state index contributed by atoms with van der Waals surface area (Å²) in [7, 11) is 0. The number of anilines is 1. The number of hydrogen-bond donors (Lipinski definition) is 2. The number of imidazole rings is 1. The standard InChI is InChI=1S/C20H15F2N5O4/c1-9(2)18-25-16(27-31-18)10-4-3-5-11(6-10)17(28)26-19-23-12-7-14-15(8-13(12)24-19)30-20(21,22)29-14/h3-9H,1-2H3,(H2,23,24,26,28). The molecule has 2 N–H and O–H groups in total. The smallest absolute Gasteiger partial charge is 0.395 e. The van der Waals surface area contributed by atoms with Crippen molar-refractivity contribution in [1.29, 1.82) is 0 Å². The van der Waals surface area contributed by atoms with Crippen molar-refractivity contribution in [3.05, 3.63) is 47.9 Å². The Kier molecular flexibility index (Phi) is 4.14. The summed E-state index contributed by atoms with van der Waals surface area (Å²) >= 11 is 0. The Morgan fingerprint density at radius 1 is 1.13 bits per heavy atom. The van der Waals surface area contributed by atoms with Gasteiger partial charge >= 0.3 is 6.29 Å². The van der Waals surface area contributed by atoms with Gasteiger partial charge < -0.3 is 19.0 Å². The van der Waals surface area contributed by atoms with E-state index in [4.69, 9.17) is 4.52 Å². The molecule has 0 saturated carbocycles. The van der Waals surface area contributed by atoms with Crippen molar-refractivity contribution in [3.63, 3.8) is 0 Å². The highest BCUT2D eigenvalue weighted by Gasteiger charge is 2.43. The maximum absolute atomic E-state index is 13.2. The fourth-order valence-corrected chi connectivity index (χ4v) is 3.08. The van der Waals surface area contributed by atoms with Gasteiger partial charge in [0, 0.05) is 29.2 Å². The van der Waals surface area contributed by atoms with E-state index in [1.807, 2.05) is 13.8 Å². The summed E-state index contributed by atoms with van der Waals surface area (Å²) in [5.41, 5.74) is 1.71. The molecule has 158 valence electrons. The van der Waals surface area contributed by atoms with Crippen LogP contribution in [0.15, 0.2) is 40.9 Å². The Labute approximate surface area is 173 Å². The molecule has 4 aromatic rings. The molecule has 0 saturated heterocycles. The average Bonchev–Trinajstić information content (AvgIpc) is 3.41. The van der Waals surface area contributed by atoms with Gasteiger partial charge in [0.1, 0.15) is 0 Å². The van der Waals surface area contributed by atoms with Crippen LogP contribution in [-0.2, 0) is 0 Å². The van der Waals surface area contributed by atoms with E-state index in [0.29, 0.717) is 33.9 Å². The molecule has 0 fully saturated rings. The summed E-state index contributed by atoms with van der Waals surface area (Å²) in [6.07, 6.45) is -3.71. The SMILES string of the molecule is CC(C)c1nc(-c2cccc(C(=O)Nc3nc4cc5c(cc4[nH]3)OC(F)(F)O5)c2)no1. The van der Waals surface area contributed by atoms with Crippen molar-refractivity contribution in [2.75, 3.05) is 5.32 Å². The van der Waals surface area contributed by atoms with Crippen LogP contribution in [0.2, 0.25) is 0 Å². The van der Waals surface area contributed by atoms with Crippen LogP contribution in [0.4, 0.5) is 14.7 Å². The maximum atomic E-state index is 13.2. The Balaban J connectivity index is 1.37. The lowest BCUT2D eigenvalue weighted by Gasteiger charge is -2.04. The highest BCUT2D eigenvalue weighted by molar-refractivity contribution is 6.04. The van der Waals surface area contributed by atoms with Gasteiger partial charge in [-0.15, -0.1) is 8.78 Å². The fourth-order valence-electron chi connectivity index (χ4n) is 3.08. The third kappa shape index (κ3) is 3.54. The summed E-state index contributed by atoms with van der Waals surface area (Å²) < 4.78 is 40.4. The van der Waals surface area contributed by atoms with Gasteiger partial charge in [-0.2, -0.15) is 4.98 Å². The summed E-state index contributed by atoms with van der Waals surface area (Å²) in [5.74, 6) is 0.438. The number of rotatable bonds is 4. The van der Waals surface area contributed by atoms with E-state index in [1.165, 1.54) is 12.1 Å². The lowest BCUT2D eigenvalue weighted by Crippen LogP contribution is -2.25. The number of H-pyrrole nitrogens is 1. The van der Waals surface area contributed by atoms with Crippen molar-refractivity contribution in [3.8, 4) is 22.9 Å². The number of alkyl halides is 2. The molecule has 2 aromatic carbocycles. The third-order valence-corrected chi connectivity index (χ3v) is 4.56. The summed E-state index contributed by atoms with van der Waals surface area (Å²) in [6.45, 7) is 3.87. The van der Waals surface area contributed by atoms with E-state index in [2.05, 4.69) is 34.9 Å². The number of ether oxygens (including phenoxy) is 2. The molecule has 0 atom stereocenters. The lowest BCUT2D eigenvalue weighted by atomic mass is 10.1. The van der Waals surface area contributed by atoms with E-state index in [9.17, 15) is 13.6 Å². The molecule has 0 spiro atoms. The zero-order valence-electron chi connectivity index (χ0n) is 16.3. The van der Waals surface area contributed by atoms with Crippen LogP contribution in [0.25, 0.3) is 22.4 Å². The predicted molar refractivity (Wildman–Crippen MR) is 104 cm³/mol. The number of nitrogens with zero attached hydrogens (tertiary/aromatic N) is 3. The topological polar surface area (TPSA) is 115 Å². The Morgan fingerprint density at radius 3 is 2.65 bits per heavy atom. The lowest BCUT2D eigenvalue weighted by molar-refractivity contribution is -0.286. The number of amides is 1. The van der Waals surface area contributed by atoms with E-state index >= 15 is 0 Å². The van der Waals surface area contributed by atoms with Crippen molar-refractivity contribution < 1.29 is 27.6 Å². The Morgan fingerprint density at radius 2 is 1.90 bits per heavy atom. The average molecular weight is 427 g/mol. The molecule has 3 heterocycles. The second kappa shape index (κ2) is 6.76. The van der Waals surface area contributed by atoms with Crippen molar-refractivity contribution in [1.82, 2.24) is 20.1 Å². The molecule has 1 aliphatic rings. The highest BCUT2D eigenvalue weighted by atomic mass is 19.3. The summed E-state index contributed by atoms with van der Waals surface area (Å²) in [5, 5.41) is 6.59. The second-order valence-corrected chi connectivity index (χ2v) is 7.21. The molecule has 1 amide bonds. The van der Waals surface area contributed by atoms with Crippen LogP contribution in [-0.4, -0.2) is 32.3 Å². The molecule has 11 heteroatoms. The number of nitrogens with one attached hydrogen (secondary N) is 2. The van der Waals surface area contributed by atoms with Crippen molar-refractivity contribution in [2.45, 2.75) is 26.1 Å². The molecule has 1 aliphatic heterocycles. The molecule has 0 aliphatic carbocycles. The number of benzene rings is 2. The first-order chi connectivity index (χ1) is 14.8. The first kappa shape index (κ1) is 19.0. The first-order valence-electron chi connectivity index (χ1n) is 9.32. The monoisotopic (exact) mass is 427 g/mol. The molecule has 2 aromatic heterocycles. The van der Waals surface area contributed by atoms with Gasteiger partial charge in [-0.25, -0.2) is 4.98 Å². The number of aromatic amines is 1. The zero-order valence-corrected chi connectivity index (χ0v) is 16.3. The maximum Gasteiger partial charge on any atom is 0.586 e. The van der Waals surface area contributed by atoms with Crippen LogP contribution < -0.4 is 14.8 Å². The fraction of sp³-hybridized carbons (Fsp3) is 0.200. The quantitative estimate of drug-likeness (QED) is 0.499. The largest absolute Gasteiger partial charge is 0.586 e. The van der Waals surface area contributed by atoms with Gasteiger partial charge in [0.25, 0.3) is 5.91 Å². The Bertz CT molecular complexity index is 1270. The number of aromatic nitrogens is 4. The van der Waals surface area contributed by atoms with E-state index in [1.54, 1.807) is 24.3 Å². The van der Waals surface area contributed by atoms with Crippen molar-refractivity contribution in [2.24, 2.45) is 0 Å². The molecule has 0 bridgehead atoms. The van der Waals surface area contributed by atoms with Crippen LogP contribution >= 0.6 is 0 Å². The van der Waals surface area contributed by atoms with E-state index < -0.39 is 12.2 Å². The minimum absolute atomic E-state index is 0.0872. The van der Waals surface area contributed by atoms with Gasteiger partial charge in [0.15, 0.2) is 11.5 Å². The number of fused-ring (bicyclic) bond motifs is 2. The molecule has 0 unspecified atom stereocenters. The minimum atomic E-state index is -3.71. The summed E-state index contributed by atoms with van der Waals surface area (Å²) in [4.78, 5) is 24.1. The molecular formula is C20H15F2N5O4. The van der Waals surface area contributed by atoms with Crippen LogP contribution in [0, 0.1) is 0 Å². The van der Waals surface area contributed by atoms with Gasteiger partial charge in [-0.05, 0) is 12.1 Å². The molecular weight excluding hydrogens is 412 g/mol. The normalized spacial score (nSPS) is 14.4. The number of carbonyl (C=O) groups excluding carboxylic acids is 1. The summed E-state index contributed by atoms with van der Waals surface area (Å²) in [6, 6.07) is 9.37. The van der Waals surface area contributed by atoms with Crippen LogP contribution in [0.5, 0.6) is 11.5 Å². The molecule has 9 nitrogen and oxygen atoms in total. The molecule has 31 heavy (non-hydrogen) atoms. The zero-order chi connectivity index (χ0) is 21.8.